The summed E-state index contributed by atoms with van der Waals surface area (Å²) in [6, 6.07) is 0. The Balaban J connectivity index is 4.56. The van der Waals surface area contributed by atoms with E-state index in [0.717, 1.165) is 103 Å². The van der Waals surface area contributed by atoms with Gasteiger partial charge in [0.2, 0.25) is 0 Å². The monoisotopic (exact) mass is 885 g/mol. The number of rotatable bonds is 44. The second kappa shape index (κ2) is 51.4. The van der Waals surface area contributed by atoms with E-state index >= 15 is 0 Å². The highest BCUT2D eigenvalue weighted by atomic mass is 16.6. The molecule has 1 unspecified atom stereocenters. The van der Waals surface area contributed by atoms with Crippen LogP contribution in [0, 0.1) is 0 Å². The Bertz CT molecular complexity index is 1390. The Labute approximate surface area is 392 Å². The van der Waals surface area contributed by atoms with Crippen LogP contribution in [0.1, 0.15) is 207 Å². The average molecular weight is 885 g/mol. The third-order valence-electron chi connectivity index (χ3n) is 10.2. The van der Waals surface area contributed by atoms with Crippen molar-refractivity contribution in [3.8, 4) is 0 Å². The van der Waals surface area contributed by atoms with Gasteiger partial charge in [-0.2, -0.15) is 0 Å². The molecular weight excluding hydrogens is 793 g/mol. The molecule has 0 N–H and O–H groups in total. The molecular formula is C58H92O6. The highest BCUT2D eigenvalue weighted by Gasteiger charge is 2.19. The maximum Gasteiger partial charge on any atom is 0.310 e. The molecule has 0 amide bonds. The van der Waals surface area contributed by atoms with E-state index in [4.69, 9.17) is 14.2 Å². The minimum absolute atomic E-state index is 0.0839. The normalized spacial score (nSPS) is 13.1. The topological polar surface area (TPSA) is 78.9 Å². The number of hydrogen-bond acceptors (Lipinski definition) is 6. The van der Waals surface area contributed by atoms with Crippen LogP contribution in [0.3, 0.4) is 0 Å². The molecule has 0 aliphatic heterocycles. The van der Waals surface area contributed by atoms with E-state index in [-0.39, 0.29) is 31.6 Å². The lowest BCUT2D eigenvalue weighted by Gasteiger charge is -2.18. The van der Waals surface area contributed by atoms with Gasteiger partial charge in [-0.05, 0) is 109 Å². The first-order valence-corrected chi connectivity index (χ1v) is 25.5. The molecule has 0 bridgehead atoms. The first-order valence-electron chi connectivity index (χ1n) is 25.5. The molecule has 0 aliphatic carbocycles. The molecule has 0 heterocycles. The number of unbranched alkanes of at least 4 members (excludes halogenated alkanes) is 14. The van der Waals surface area contributed by atoms with Crippen molar-refractivity contribution >= 4 is 17.9 Å². The zero-order chi connectivity index (χ0) is 46.5. The molecule has 0 saturated carbocycles. The zero-order valence-corrected chi connectivity index (χ0v) is 41.0. The van der Waals surface area contributed by atoms with Crippen molar-refractivity contribution in [2.75, 3.05) is 13.2 Å². The molecule has 0 fully saturated rings. The molecule has 6 nitrogen and oxygen atoms in total. The maximum atomic E-state index is 12.7. The molecule has 0 aromatic heterocycles. The summed E-state index contributed by atoms with van der Waals surface area (Å²) in [7, 11) is 0. The predicted octanol–water partition coefficient (Wildman–Crippen LogP) is 16.9. The van der Waals surface area contributed by atoms with Crippen LogP contribution in [0.2, 0.25) is 0 Å². The SMILES string of the molecule is CC/C=C\C/C=C\C/C=C\C/C=C\C/C=C\CC(=O)OC(COC(=O)CCCCC/C=C\C/C=C\C/C=C\CC)COC(=O)CCCCCCCCC/C=C\C/C=C\CCCCCC. The lowest BCUT2D eigenvalue weighted by Crippen LogP contribution is -2.30. The van der Waals surface area contributed by atoms with Gasteiger partial charge in [0.1, 0.15) is 13.2 Å². The molecule has 0 spiro atoms. The van der Waals surface area contributed by atoms with E-state index < -0.39 is 12.1 Å². The van der Waals surface area contributed by atoms with Crippen molar-refractivity contribution < 1.29 is 28.6 Å². The third kappa shape index (κ3) is 48.8. The number of carbonyl (C=O) groups excluding carboxylic acids is 3. The van der Waals surface area contributed by atoms with Gasteiger partial charge in [0.05, 0.1) is 6.42 Å². The lowest BCUT2D eigenvalue weighted by atomic mass is 10.1. The van der Waals surface area contributed by atoms with Crippen molar-refractivity contribution in [1.82, 2.24) is 0 Å². The standard InChI is InChI=1S/C58H92O6/c1-4-7-10-13-16-19-22-25-27-28-29-31-33-36-39-42-45-48-51-57(60)63-54-55(53-62-56(59)50-47-44-41-38-35-32-24-21-18-15-12-9-6-3)64-58(61)52-49-46-43-40-37-34-30-26-23-20-17-14-11-8-5-2/h8-9,11-12,17-22,26-28,30,32,35,37,40,46,49,55H,4-7,10,13-16,23-25,29,31,33-34,36,38-39,41-45,47-48,50-54H2,1-3H3/b11-8-,12-9-,20-17-,21-18-,22-19-,28-27-,30-26-,35-32-,40-37-,49-46-. The quantitative estimate of drug-likeness (QED) is 0.0262. The predicted molar refractivity (Wildman–Crippen MR) is 274 cm³/mol. The van der Waals surface area contributed by atoms with Gasteiger partial charge in [0.25, 0.3) is 0 Å². The van der Waals surface area contributed by atoms with E-state index in [9.17, 15) is 14.4 Å². The molecule has 0 radical (unpaired) electrons. The first-order chi connectivity index (χ1) is 31.5. The molecule has 0 aliphatic rings. The summed E-state index contributed by atoms with van der Waals surface area (Å²) in [5.41, 5.74) is 0. The maximum absolute atomic E-state index is 12.7. The van der Waals surface area contributed by atoms with Crippen LogP contribution in [0.4, 0.5) is 0 Å². The molecule has 1 atom stereocenters. The van der Waals surface area contributed by atoms with Crippen LogP contribution < -0.4 is 0 Å². The largest absolute Gasteiger partial charge is 0.462 e. The Kier molecular flexibility index (Phi) is 48.1. The Morgan fingerprint density at radius 2 is 0.656 bits per heavy atom. The van der Waals surface area contributed by atoms with Gasteiger partial charge < -0.3 is 14.2 Å². The van der Waals surface area contributed by atoms with Crippen molar-refractivity contribution in [2.45, 2.75) is 213 Å². The van der Waals surface area contributed by atoms with Gasteiger partial charge in [-0.3, -0.25) is 14.4 Å². The fourth-order valence-electron chi connectivity index (χ4n) is 6.44. The summed E-state index contributed by atoms with van der Waals surface area (Å²) >= 11 is 0. The molecule has 360 valence electrons. The summed E-state index contributed by atoms with van der Waals surface area (Å²) in [6.07, 6.45) is 70.7. The Morgan fingerprint density at radius 3 is 1.05 bits per heavy atom. The van der Waals surface area contributed by atoms with Crippen LogP contribution in [0.25, 0.3) is 0 Å². The molecule has 0 aromatic rings. The van der Waals surface area contributed by atoms with Crippen molar-refractivity contribution in [3.63, 3.8) is 0 Å². The van der Waals surface area contributed by atoms with Gasteiger partial charge in [-0.15, -0.1) is 0 Å². The molecule has 0 aromatic carbocycles. The van der Waals surface area contributed by atoms with Gasteiger partial charge in [-0.25, -0.2) is 0 Å². The Hall–Kier alpha value is -4.19. The van der Waals surface area contributed by atoms with Gasteiger partial charge in [0, 0.05) is 12.8 Å². The van der Waals surface area contributed by atoms with Crippen LogP contribution in [-0.4, -0.2) is 37.2 Å². The number of allylic oxidation sites excluding steroid dienone is 19. The summed E-state index contributed by atoms with van der Waals surface area (Å²) in [6.45, 7) is 6.25. The molecule has 64 heavy (non-hydrogen) atoms. The Morgan fingerprint density at radius 1 is 0.344 bits per heavy atom. The first kappa shape index (κ1) is 59.8. The van der Waals surface area contributed by atoms with E-state index in [1.165, 1.54) is 57.8 Å². The summed E-state index contributed by atoms with van der Waals surface area (Å²) in [5, 5.41) is 0. The zero-order valence-electron chi connectivity index (χ0n) is 41.0. The lowest BCUT2D eigenvalue weighted by molar-refractivity contribution is -0.166. The minimum atomic E-state index is -0.850. The van der Waals surface area contributed by atoms with E-state index in [1.807, 2.05) is 6.08 Å². The third-order valence-corrected chi connectivity index (χ3v) is 10.2. The molecule has 0 saturated heterocycles. The summed E-state index contributed by atoms with van der Waals surface area (Å²) < 4.78 is 16.6. The second-order valence-electron chi connectivity index (χ2n) is 16.3. The van der Waals surface area contributed by atoms with Crippen LogP contribution in [0.15, 0.2) is 122 Å². The highest BCUT2D eigenvalue weighted by molar-refractivity contribution is 5.72. The summed E-state index contributed by atoms with van der Waals surface area (Å²) in [5.74, 6) is -1.11. The van der Waals surface area contributed by atoms with Crippen LogP contribution >= 0.6 is 0 Å². The van der Waals surface area contributed by atoms with E-state index in [1.54, 1.807) is 6.08 Å². The number of esters is 3. The molecule has 0 rings (SSSR count). The van der Waals surface area contributed by atoms with Crippen LogP contribution in [0.5, 0.6) is 0 Å². The molecule has 6 heteroatoms. The van der Waals surface area contributed by atoms with Crippen LogP contribution in [-0.2, 0) is 28.6 Å². The number of hydrogen-bond donors (Lipinski definition) is 0. The van der Waals surface area contributed by atoms with Gasteiger partial charge in [-0.1, -0.05) is 200 Å². The van der Waals surface area contributed by atoms with Gasteiger partial charge >= 0.3 is 17.9 Å². The van der Waals surface area contributed by atoms with E-state index in [0.29, 0.717) is 19.3 Å². The van der Waals surface area contributed by atoms with Crippen molar-refractivity contribution in [2.24, 2.45) is 0 Å². The smallest absolute Gasteiger partial charge is 0.310 e. The average Bonchev–Trinajstić information content (AvgIpc) is 3.29. The number of ether oxygens (including phenoxy) is 3. The fourth-order valence-corrected chi connectivity index (χ4v) is 6.44. The van der Waals surface area contributed by atoms with Crippen molar-refractivity contribution in [3.05, 3.63) is 122 Å². The van der Waals surface area contributed by atoms with Crippen molar-refractivity contribution in [1.29, 1.82) is 0 Å². The summed E-state index contributed by atoms with van der Waals surface area (Å²) in [4.78, 5) is 37.9. The van der Waals surface area contributed by atoms with Gasteiger partial charge in [0.15, 0.2) is 6.10 Å². The number of carbonyl (C=O) groups is 3. The second-order valence-corrected chi connectivity index (χ2v) is 16.3. The van der Waals surface area contributed by atoms with E-state index in [2.05, 4.69) is 130 Å². The minimum Gasteiger partial charge on any atom is -0.462 e. The highest BCUT2D eigenvalue weighted by Crippen LogP contribution is 2.12. The fraction of sp³-hybridized carbons (Fsp3) is 0.603.